The molecule has 7 nitrogen and oxygen atoms in total. The molecule has 0 radical (unpaired) electrons. The van der Waals surface area contributed by atoms with Crippen LogP contribution < -0.4 is 9.04 Å². The third-order valence-corrected chi connectivity index (χ3v) is 5.56. The molecule has 0 spiro atoms. The molecule has 0 fully saturated rings. The zero-order chi connectivity index (χ0) is 19.3. The Morgan fingerprint density at radius 3 is 2.42 bits per heavy atom. The summed E-state index contributed by atoms with van der Waals surface area (Å²) in [6.07, 6.45) is 0.167. The van der Waals surface area contributed by atoms with Crippen molar-refractivity contribution >= 4 is 33.3 Å². The first-order valence-electron chi connectivity index (χ1n) is 7.33. The van der Waals surface area contributed by atoms with Crippen LogP contribution in [-0.4, -0.2) is 33.1 Å². The van der Waals surface area contributed by atoms with Crippen LogP contribution in [0.3, 0.4) is 0 Å². The van der Waals surface area contributed by atoms with Crippen molar-refractivity contribution in [2.24, 2.45) is 0 Å². The van der Waals surface area contributed by atoms with Gasteiger partial charge in [-0.05, 0) is 35.9 Å². The maximum atomic E-state index is 12.9. The van der Waals surface area contributed by atoms with Gasteiger partial charge in [-0.1, -0.05) is 23.7 Å². The quantitative estimate of drug-likeness (QED) is 0.773. The molecule has 9 heteroatoms. The minimum Gasteiger partial charge on any atom is -0.495 e. The molecule has 1 N–H and O–H groups in total. The summed E-state index contributed by atoms with van der Waals surface area (Å²) in [5.41, 5.74) is 0.859. The number of aliphatic carboxylic acids is 1. The second kappa shape index (κ2) is 8.08. The summed E-state index contributed by atoms with van der Waals surface area (Å²) in [5, 5.41) is 17.9. The van der Waals surface area contributed by atoms with Gasteiger partial charge in [0.05, 0.1) is 35.2 Å². The number of carboxylic acids is 1. The highest BCUT2D eigenvalue weighted by atomic mass is 35.5. The summed E-state index contributed by atoms with van der Waals surface area (Å²) in [6.45, 7) is -0.760. The van der Waals surface area contributed by atoms with Crippen molar-refractivity contribution in [2.45, 2.75) is 11.3 Å². The number of hydrogen-bond acceptors (Lipinski definition) is 5. The minimum atomic E-state index is -4.17. The normalized spacial score (nSPS) is 10.8. The lowest BCUT2D eigenvalue weighted by Gasteiger charge is -2.23. The molecular formula is C17H15ClN2O5S. The summed E-state index contributed by atoms with van der Waals surface area (Å²) in [4.78, 5) is 11.0. The first-order chi connectivity index (χ1) is 12.3. The number of rotatable bonds is 7. The maximum absolute atomic E-state index is 12.9. The average molecular weight is 395 g/mol. The second-order valence-electron chi connectivity index (χ2n) is 5.20. The smallest absolute Gasteiger partial charge is 0.324 e. The zero-order valence-corrected chi connectivity index (χ0v) is 15.3. The highest BCUT2D eigenvalue weighted by Gasteiger charge is 2.27. The fourth-order valence-electron chi connectivity index (χ4n) is 2.24. The van der Waals surface area contributed by atoms with E-state index >= 15 is 0 Å². The van der Waals surface area contributed by atoms with E-state index in [1.807, 2.05) is 6.07 Å². The maximum Gasteiger partial charge on any atom is 0.324 e. The molecule has 136 valence electrons. The monoisotopic (exact) mass is 394 g/mol. The van der Waals surface area contributed by atoms with Crippen molar-refractivity contribution in [1.82, 2.24) is 0 Å². The van der Waals surface area contributed by atoms with Gasteiger partial charge in [-0.2, -0.15) is 5.26 Å². The number of halogens is 1. The predicted molar refractivity (Wildman–Crippen MR) is 95.9 cm³/mol. The van der Waals surface area contributed by atoms with Crippen LogP contribution >= 0.6 is 11.6 Å². The van der Waals surface area contributed by atoms with Crippen LogP contribution in [0.1, 0.15) is 5.56 Å². The Morgan fingerprint density at radius 1 is 1.27 bits per heavy atom. The van der Waals surface area contributed by atoms with Gasteiger partial charge in [0.25, 0.3) is 10.0 Å². The first-order valence-corrected chi connectivity index (χ1v) is 9.15. The van der Waals surface area contributed by atoms with Gasteiger partial charge < -0.3 is 9.84 Å². The number of nitrogens with zero attached hydrogens (tertiary/aromatic N) is 2. The molecular weight excluding hydrogens is 380 g/mol. The standard InChI is InChI=1S/C17H15ClN2O5S/c1-25-16-7-6-14(10-15(16)18)26(23,24)20(11-17(21)22)13-4-2-12(3-5-13)8-9-19/h2-7,10H,8,11H2,1H3,(H,21,22). The molecule has 0 aromatic heterocycles. The Labute approximate surface area is 156 Å². The molecule has 2 aromatic rings. The Hall–Kier alpha value is -2.76. The van der Waals surface area contributed by atoms with Gasteiger partial charge in [0, 0.05) is 0 Å². The zero-order valence-electron chi connectivity index (χ0n) is 13.7. The number of methoxy groups -OCH3 is 1. The lowest BCUT2D eigenvalue weighted by Crippen LogP contribution is -2.35. The average Bonchev–Trinajstić information content (AvgIpc) is 2.60. The highest BCUT2D eigenvalue weighted by molar-refractivity contribution is 7.92. The van der Waals surface area contributed by atoms with Gasteiger partial charge in [-0.25, -0.2) is 8.42 Å². The van der Waals surface area contributed by atoms with Crippen molar-refractivity contribution in [2.75, 3.05) is 18.0 Å². The van der Waals surface area contributed by atoms with Crippen molar-refractivity contribution in [3.05, 3.63) is 53.1 Å². The number of benzene rings is 2. The minimum absolute atomic E-state index is 0.0909. The number of anilines is 1. The molecule has 0 saturated carbocycles. The summed E-state index contributed by atoms with van der Waals surface area (Å²) < 4.78 is 31.6. The van der Waals surface area contributed by atoms with Crippen LogP contribution in [0.25, 0.3) is 0 Å². The predicted octanol–water partition coefficient (Wildman–Crippen LogP) is 2.69. The van der Waals surface area contributed by atoms with E-state index in [1.54, 1.807) is 12.1 Å². The van der Waals surface area contributed by atoms with E-state index < -0.39 is 22.5 Å². The molecule has 0 aliphatic heterocycles. The topological polar surface area (TPSA) is 108 Å². The SMILES string of the molecule is COc1ccc(S(=O)(=O)N(CC(=O)O)c2ccc(CC#N)cc2)cc1Cl. The van der Waals surface area contributed by atoms with Gasteiger partial charge in [-0.15, -0.1) is 0 Å². The number of hydrogen-bond donors (Lipinski definition) is 1. The van der Waals surface area contributed by atoms with E-state index in [1.165, 1.54) is 37.4 Å². The van der Waals surface area contributed by atoms with Crippen molar-refractivity contribution < 1.29 is 23.1 Å². The molecule has 0 bridgehead atoms. The number of carbonyl (C=O) groups is 1. The summed E-state index contributed by atoms with van der Waals surface area (Å²) in [5.74, 6) is -1.01. The Bertz CT molecular complexity index is 952. The largest absolute Gasteiger partial charge is 0.495 e. The van der Waals surface area contributed by atoms with Gasteiger partial charge in [0.1, 0.15) is 12.3 Å². The third-order valence-electron chi connectivity index (χ3n) is 3.50. The second-order valence-corrected chi connectivity index (χ2v) is 7.47. The van der Waals surface area contributed by atoms with Crippen LogP contribution in [0, 0.1) is 11.3 Å². The fraction of sp³-hybridized carbons (Fsp3) is 0.176. The lowest BCUT2D eigenvalue weighted by atomic mass is 10.1. The fourth-order valence-corrected chi connectivity index (χ4v) is 4.01. The van der Waals surface area contributed by atoms with Crippen molar-refractivity contribution in [3.8, 4) is 11.8 Å². The van der Waals surface area contributed by atoms with E-state index in [-0.39, 0.29) is 22.0 Å². The molecule has 0 unspecified atom stereocenters. The first kappa shape index (κ1) is 19.6. The van der Waals surface area contributed by atoms with Crippen LogP contribution in [0.2, 0.25) is 5.02 Å². The number of nitriles is 1. The Kier molecular flexibility index (Phi) is 6.08. The van der Waals surface area contributed by atoms with Crippen molar-refractivity contribution in [3.63, 3.8) is 0 Å². The number of ether oxygens (including phenoxy) is 1. The molecule has 0 aliphatic rings. The molecule has 0 amide bonds. The number of sulfonamides is 1. The van der Waals surface area contributed by atoms with Gasteiger partial charge in [0.2, 0.25) is 0 Å². The van der Waals surface area contributed by atoms with Gasteiger partial charge >= 0.3 is 5.97 Å². The molecule has 2 aromatic carbocycles. The summed E-state index contributed by atoms with van der Waals surface area (Å²) in [6, 6.07) is 11.9. The lowest BCUT2D eigenvalue weighted by molar-refractivity contribution is -0.135. The molecule has 0 atom stereocenters. The van der Waals surface area contributed by atoms with Gasteiger partial charge in [-0.3, -0.25) is 9.10 Å². The van der Waals surface area contributed by atoms with Crippen LogP contribution in [0.5, 0.6) is 5.75 Å². The van der Waals surface area contributed by atoms with E-state index in [0.717, 1.165) is 4.31 Å². The van der Waals surface area contributed by atoms with Gasteiger partial charge in [0.15, 0.2) is 0 Å². The molecule has 2 rings (SSSR count). The van der Waals surface area contributed by atoms with E-state index in [9.17, 15) is 13.2 Å². The molecule has 26 heavy (non-hydrogen) atoms. The highest BCUT2D eigenvalue weighted by Crippen LogP contribution is 2.30. The van der Waals surface area contributed by atoms with Crippen molar-refractivity contribution in [1.29, 1.82) is 5.26 Å². The molecule has 0 aliphatic carbocycles. The summed E-state index contributed by atoms with van der Waals surface area (Å²) in [7, 11) is -2.78. The molecule has 0 heterocycles. The van der Waals surface area contributed by atoms with Crippen LogP contribution in [0.4, 0.5) is 5.69 Å². The van der Waals surface area contributed by atoms with E-state index in [2.05, 4.69) is 0 Å². The van der Waals surface area contributed by atoms with Crippen LogP contribution in [-0.2, 0) is 21.2 Å². The number of carboxylic acid groups (broad SMARTS) is 1. The summed E-state index contributed by atoms with van der Waals surface area (Å²) >= 11 is 5.99. The third kappa shape index (κ3) is 4.25. The Balaban J connectivity index is 2.49. The van der Waals surface area contributed by atoms with Crippen LogP contribution in [0.15, 0.2) is 47.4 Å². The Morgan fingerprint density at radius 2 is 1.92 bits per heavy atom. The van der Waals surface area contributed by atoms with E-state index in [0.29, 0.717) is 11.3 Å². The molecule has 0 saturated heterocycles. The van der Waals surface area contributed by atoms with E-state index in [4.69, 9.17) is 26.7 Å².